The molecule has 6 nitrogen and oxygen atoms in total. The molecule has 1 atom stereocenters. The SMILES string of the molecule is O=C(N[C@@H]1CCCc2ccc(F)cc21)c1cnc(OC2CCOCC2)cn1. The first-order chi connectivity index (χ1) is 13.2. The van der Waals surface area contributed by atoms with Crippen molar-refractivity contribution in [3.8, 4) is 5.88 Å². The van der Waals surface area contributed by atoms with Gasteiger partial charge in [0, 0.05) is 12.8 Å². The van der Waals surface area contributed by atoms with Gasteiger partial charge in [-0.1, -0.05) is 6.07 Å². The number of hydrogen-bond acceptors (Lipinski definition) is 5. The van der Waals surface area contributed by atoms with E-state index in [-0.39, 0.29) is 29.6 Å². The molecule has 0 spiro atoms. The summed E-state index contributed by atoms with van der Waals surface area (Å²) in [5.41, 5.74) is 2.15. The summed E-state index contributed by atoms with van der Waals surface area (Å²) < 4.78 is 24.7. The number of hydrogen-bond donors (Lipinski definition) is 1. The number of carbonyl (C=O) groups excluding carboxylic acids is 1. The van der Waals surface area contributed by atoms with Crippen molar-refractivity contribution in [1.29, 1.82) is 0 Å². The van der Waals surface area contributed by atoms with Gasteiger partial charge < -0.3 is 14.8 Å². The fraction of sp³-hybridized carbons (Fsp3) is 0.450. The third kappa shape index (κ3) is 4.24. The Morgan fingerprint density at radius 3 is 2.81 bits per heavy atom. The van der Waals surface area contributed by atoms with E-state index in [1.807, 2.05) is 0 Å². The van der Waals surface area contributed by atoms with Crippen LogP contribution in [0, 0.1) is 5.82 Å². The highest BCUT2D eigenvalue weighted by Crippen LogP contribution is 2.30. The number of halogens is 1. The Bertz CT molecular complexity index is 807. The summed E-state index contributed by atoms with van der Waals surface area (Å²) in [5.74, 6) is -0.199. The molecule has 27 heavy (non-hydrogen) atoms. The lowest BCUT2D eigenvalue weighted by Crippen LogP contribution is -2.31. The number of aromatic nitrogens is 2. The van der Waals surface area contributed by atoms with Crippen LogP contribution in [0.2, 0.25) is 0 Å². The van der Waals surface area contributed by atoms with Crippen molar-refractivity contribution in [1.82, 2.24) is 15.3 Å². The van der Waals surface area contributed by atoms with E-state index in [1.165, 1.54) is 24.5 Å². The zero-order chi connectivity index (χ0) is 18.6. The summed E-state index contributed by atoms with van der Waals surface area (Å²) >= 11 is 0. The van der Waals surface area contributed by atoms with Gasteiger partial charge in [-0.15, -0.1) is 0 Å². The molecule has 1 saturated heterocycles. The van der Waals surface area contributed by atoms with Gasteiger partial charge in [-0.25, -0.2) is 14.4 Å². The molecule has 4 rings (SSSR count). The predicted molar refractivity (Wildman–Crippen MR) is 96.0 cm³/mol. The fourth-order valence-corrected chi connectivity index (χ4v) is 3.61. The number of nitrogens with one attached hydrogen (secondary N) is 1. The summed E-state index contributed by atoms with van der Waals surface area (Å²) in [6.45, 7) is 1.37. The van der Waals surface area contributed by atoms with Gasteiger partial charge in [0.15, 0.2) is 0 Å². The molecule has 0 unspecified atom stereocenters. The van der Waals surface area contributed by atoms with Crippen LogP contribution >= 0.6 is 0 Å². The van der Waals surface area contributed by atoms with Crippen LogP contribution < -0.4 is 10.1 Å². The van der Waals surface area contributed by atoms with Gasteiger partial charge in [0.1, 0.15) is 17.6 Å². The molecule has 1 amide bonds. The first kappa shape index (κ1) is 17.9. The number of nitrogens with zero attached hydrogens (tertiary/aromatic N) is 2. The fourth-order valence-electron chi connectivity index (χ4n) is 3.61. The molecule has 1 aromatic carbocycles. The Hall–Kier alpha value is -2.54. The number of benzene rings is 1. The summed E-state index contributed by atoms with van der Waals surface area (Å²) in [6.07, 6.45) is 7.23. The Morgan fingerprint density at radius 1 is 1.19 bits per heavy atom. The molecule has 0 saturated carbocycles. The quantitative estimate of drug-likeness (QED) is 0.894. The van der Waals surface area contributed by atoms with E-state index in [0.717, 1.165) is 43.2 Å². The number of rotatable bonds is 4. The van der Waals surface area contributed by atoms with Crippen molar-refractivity contribution in [3.05, 3.63) is 53.2 Å². The number of fused-ring (bicyclic) bond motifs is 1. The highest BCUT2D eigenvalue weighted by Gasteiger charge is 2.23. The topological polar surface area (TPSA) is 73.3 Å². The van der Waals surface area contributed by atoms with Crippen molar-refractivity contribution in [2.45, 2.75) is 44.2 Å². The van der Waals surface area contributed by atoms with Crippen LogP contribution in [0.3, 0.4) is 0 Å². The Morgan fingerprint density at radius 2 is 2.04 bits per heavy atom. The molecule has 2 heterocycles. The molecule has 2 aliphatic rings. The highest BCUT2D eigenvalue weighted by atomic mass is 19.1. The lowest BCUT2D eigenvalue weighted by molar-refractivity contribution is 0.0235. The number of aryl methyl sites for hydroxylation is 1. The van der Waals surface area contributed by atoms with Crippen LogP contribution in [0.5, 0.6) is 5.88 Å². The molecule has 1 aliphatic carbocycles. The zero-order valence-corrected chi connectivity index (χ0v) is 15.0. The van der Waals surface area contributed by atoms with Crippen molar-refractivity contribution >= 4 is 5.91 Å². The van der Waals surface area contributed by atoms with Gasteiger partial charge in [0.25, 0.3) is 5.91 Å². The minimum atomic E-state index is -0.317. The van der Waals surface area contributed by atoms with Crippen molar-refractivity contribution in [2.24, 2.45) is 0 Å². The summed E-state index contributed by atoms with van der Waals surface area (Å²) in [4.78, 5) is 20.9. The van der Waals surface area contributed by atoms with Gasteiger partial charge in [-0.05, 0) is 42.5 Å². The molecule has 1 aromatic heterocycles. The number of amides is 1. The summed E-state index contributed by atoms with van der Waals surface area (Å²) in [5, 5.41) is 2.95. The average molecular weight is 371 g/mol. The van der Waals surface area contributed by atoms with Crippen LogP contribution in [-0.2, 0) is 11.2 Å². The Labute approximate surface area is 157 Å². The van der Waals surface area contributed by atoms with E-state index >= 15 is 0 Å². The second-order valence-electron chi connectivity index (χ2n) is 6.93. The molecular formula is C20H22FN3O3. The maximum absolute atomic E-state index is 13.6. The second kappa shape index (κ2) is 8.00. The normalized spacial score (nSPS) is 20.0. The zero-order valence-electron chi connectivity index (χ0n) is 15.0. The maximum Gasteiger partial charge on any atom is 0.271 e. The van der Waals surface area contributed by atoms with E-state index < -0.39 is 0 Å². The van der Waals surface area contributed by atoms with Crippen molar-refractivity contribution in [2.75, 3.05) is 13.2 Å². The van der Waals surface area contributed by atoms with E-state index in [2.05, 4.69) is 15.3 Å². The van der Waals surface area contributed by atoms with Crippen molar-refractivity contribution in [3.63, 3.8) is 0 Å². The first-order valence-corrected chi connectivity index (χ1v) is 9.34. The van der Waals surface area contributed by atoms with Crippen LogP contribution in [-0.4, -0.2) is 35.2 Å². The largest absolute Gasteiger partial charge is 0.473 e. The van der Waals surface area contributed by atoms with E-state index in [9.17, 15) is 9.18 Å². The average Bonchev–Trinajstić information content (AvgIpc) is 2.70. The molecule has 2 aromatic rings. The van der Waals surface area contributed by atoms with E-state index in [4.69, 9.17) is 9.47 Å². The first-order valence-electron chi connectivity index (χ1n) is 9.34. The monoisotopic (exact) mass is 371 g/mol. The molecule has 1 aliphatic heterocycles. The van der Waals surface area contributed by atoms with Crippen LogP contribution in [0.15, 0.2) is 30.6 Å². The van der Waals surface area contributed by atoms with E-state index in [0.29, 0.717) is 19.1 Å². The Balaban J connectivity index is 1.41. The number of carbonyl (C=O) groups is 1. The highest BCUT2D eigenvalue weighted by molar-refractivity contribution is 5.92. The van der Waals surface area contributed by atoms with Crippen LogP contribution in [0.1, 0.15) is 53.3 Å². The second-order valence-corrected chi connectivity index (χ2v) is 6.93. The lowest BCUT2D eigenvalue weighted by atomic mass is 9.87. The van der Waals surface area contributed by atoms with Gasteiger partial charge in [-0.3, -0.25) is 4.79 Å². The standard InChI is InChI=1S/C20H22FN3O3/c21-14-5-4-13-2-1-3-17(16(13)10-14)24-20(25)18-11-23-19(12-22-18)27-15-6-8-26-9-7-15/h4-5,10-12,15,17H,1-3,6-9H2,(H,24,25)/t17-/m1/s1. The minimum absolute atomic E-state index is 0.0707. The van der Waals surface area contributed by atoms with Gasteiger partial charge >= 0.3 is 0 Å². The third-order valence-electron chi connectivity index (χ3n) is 5.04. The molecule has 0 radical (unpaired) electrons. The molecule has 7 heteroatoms. The minimum Gasteiger partial charge on any atom is -0.473 e. The van der Waals surface area contributed by atoms with Gasteiger partial charge in [0.05, 0.1) is 31.6 Å². The van der Waals surface area contributed by atoms with Crippen LogP contribution in [0.4, 0.5) is 4.39 Å². The summed E-state index contributed by atoms with van der Waals surface area (Å²) in [6, 6.07) is 4.56. The lowest BCUT2D eigenvalue weighted by Gasteiger charge is -2.26. The van der Waals surface area contributed by atoms with Crippen LogP contribution in [0.25, 0.3) is 0 Å². The molecule has 1 N–H and O–H groups in total. The maximum atomic E-state index is 13.6. The smallest absolute Gasteiger partial charge is 0.271 e. The Kier molecular flexibility index (Phi) is 5.29. The van der Waals surface area contributed by atoms with Gasteiger partial charge in [0.2, 0.25) is 5.88 Å². The molecule has 0 bridgehead atoms. The third-order valence-corrected chi connectivity index (χ3v) is 5.04. The van der Waals surface area contributed by atoms with Gasteiger partial charge in [-0.2, -0.15) is 0 Å². The van der Waals surface area contributed by atoms with Crippen molar-refractivity contribution < 1.29 is 18.7 Å². The molecule has 1 fully saturated rings. The number of ether oxygens (including phenoxy) is 2. The predicted octanol–water partition coefficient (Wildman–Crippen LogP) is 2.98. The van der Waals surface area contributed by atoms with E-state index in [1.54, 1.807) is 6.07 Å². The molecule has 142 valence electrons. The molecular weight excluding hydrogens is 349 g/mol. The summed E-state index contributed by atoms with van der Waals surface area (Å²) in [7, 11) is 0.